The van der Waals surface area contributed by atoms with Crippen molar-refractivity contribution >= 4 is 11.7 Å². The van der Waals surface area contributed by atoms with Crippen LogP contribution in [0.2, 0.25) is 0 Å². The second-order valence-corrected chi connectivity index (χ2v) is 10.6. The molecule has 0 radical (unpaired) electrons. The maximum Gasteiger partial charge on any atom is 0.240 e. The first kappa shape index (κ1) is 18.6. The van der Waals surface area contributed by atoms with E-state index in [0.29, 0.717) is 12.3 Å². The number of rotatable bonds is 2. The highest BCUT2D eigenvalue weighted by atomic mass is 16.5. The lowest BCUT2D eigenvalue weighted by atomic mass is 9.50. The van der Waals surface area contributed by atoms with Crippen molar-refractivity contribution in [1.82, 2.24) is 5.32 Å². The second-order valence-electron chi connectivity index (χ2n) is 10.6. The van der Waals surface area contributed by atoms with E-state index < -0.39 is 16.7 Å². The van der Waals surface area contributed by atoms with E-state index in [0.717, 1.165) is 31.3 Å². The number of nitrogens with one attached hydrogen (secondary N) is 1. The van der Waals surface area contributed by atoms with E-state index in [1.807, 2.05) is 0 Å². The van der Waals surface area contributed by atoms with Gasteiger partial charge < -0.3 is 10.1 Å². The summed E-state index contributed by atoms with van der Waals surface area (Å²) in [6.07, 6.45) is 7.93. The van der Waals surface area contributed by atoms with Gasteiger partial charge >= 0.3 is 0 Å². The molecule has 2 bridgehead atoms. The Balaban J connectivity index is 1.78. The Morgan fingerprint density at radius 2 is 2.04 bits per heavy atom. The lowest BCUT2D eigenvalue weighted by molar-refractivity contribution is -0.143. The van der Waals surface area contributed by atoms with Gasteiger partial charge in [0.15, 0.2) is 5.78 Å². The maximum atomic E-state index is 13.8. The van der Waals surface area contributed by atoms with Crippen molar-refractivity contribution in [2.75, 3.05) is 0 Å². The molecule has 1 amide bonds. The zero-order valence-corrected chi connectivity index (χ0v) is 17.9. The van der Waals surface area contributed by atoms with E-state index in [4.69, 9.17) is 4.74 Å². The highest BCUT2D eigenvalue weighted by Crippen LogP contribution is 2.69. The fourth-order valence-corrected chi connectivity index (χ4v) is 7.41. The number of allylic oxidation sites excluding steroid dienone is 2. The van der Waals surface area contributed by atoms with E-state index in [2.05, 4.69) is 46.0 Å². The predicted octanol–water partition coefficient (Wildman–Crippen LogP) is 4.31. The molecule has 0 aromatic carbocycles. The van der Waals surface area contributed by atoms with Crippen molar-refractivity contribution in [2.24, 2.45) is 29.1 Å². The zero-order valence-electron chi connectivity index (χ0n) is 17.9. The lowest BCUT2D eigenvalue weighted by Gasteiger charge is -2.48. The Kier molecular flexibility index (Phi) is 3.71. The van der Waals surface area contributed by atoms with Gasteiger partial charge in [-0.25, -0.2) is 0 Å². The number of hydrogen-bond acceptors (Lipinski definition) is 3. The molecule has 1 spiro atoms. The predicted molar refractivity (Wildman–Crippen MR) is 107 cm³/mol. The van der Waals surface area contributed by atoms with Gasteiger partial charge in [0.2, 0.25) is 5.91 Å². The van der Waals surface area contributed by atoms with Crippen LogP contribution < -0.4 is 5.32 Å². The van der Waals surface area contributed by atoms with Crippen molar-refractivity contribution in [2.45, 2.75) is 84.5 Å². The number of carbonyl (C=O) groups excluding carboxylic acids is 2. The summed E-state index contributed by atoms with van der Waals surface area (Å²) in [4.78, 5) is 27.4. The highest BCUT2D eigenvalue weighted by molar-refractivity contribution is 6.14. The van der Waals surface area contributed by atoms with Gasteiger partial charge in [0, 0.05) is 12.3 Å². The van der Waals surface area contributed by atoms with Crippen molar-refractivity contribution in [3.05, 3.63) is 22.8 Å². The normalized spacial score (nSPS) is 46.9. The smallest absolute Gasteiger partial charge is 0.240 e. The summed E-state index contributed by atoms with van der Waals surface area (Å²) in [5, 5.41) is 3.25. The molecule has 0 aromatic heterocycles. The van der Waals surface area contributed by atoms with Gasteiger partial charge in [-0.05, 0) is 74.5 Å². The van der Waals surface area contributed by atoms with Crippen molar-refractivity contribution in [1.29, 1.82) is 0 Å². The third-order valence-electron chi connectivity index (χ3n) is 8.41. The second kappa shape index (κ2) is 5.59. The molecule has 3 fully saturated rings. The first-order chi connectivity index (χ1) is 13.2. The minimum absolute atomic E-state index is 0.106. The van der Waals surface area contributed by atoms with Gasteiger partial charge in [-0.2, -0.15) is 0 Å². The van der Waals surface area contributed by atoms with Crippen LogP contribution in [0.25, 0.3) is 0 Å². The first-order valence-corrected chi connectivity index (χ1v) is 11.1. The number of amides is 1. The largest absolute Gasteiger partial charge is 0.345 e. The minimum Gasteiger partial charge on any atom is -0.345 e. The van der Waals surface area contributed by atoms with Crippen LogP contribution in [-0.4, -0.2) is 23.0 Å². The molecule has 4 nitrogen and oxygen atoms in total. The van der Waals surface area contributed by atoms with Gasteiger partial charge in [-0.1, -0.05) is 32.8 Å². The van der Waals surface area contributed by atoms with Crippen molar-refractivity contribution in [3.8, 4) is 0 Å². The van der Waals surface area contributed by atoms with Crippen molar-refractivity contribution < 1.29 is 14.3 Å². The molecular weight excluding hydrogens is 350 g/mol. The van der Waals surface area contributed by atoms with E-state index >= 15 is 0 Å². The summed E-state index contributed by atoms with van der Waals surface area (Å²) >= 11 is 0. The molecule has 1 saturated carbocycles. The topological polar surface area (TPSA) is 55.4 Å². The molecular formula is C24H33NO3. The fraction of sp³-hybridized carbons (Fsp3) is 0.750. The Labute approximate surface area is 168 Å². The molecule has 1 N–H and O–H groups in total. The summed E-state index contributed by atoms with van der Waals surface area (Å²) < 4.78 is 6.74. The Morgan fingerprint density at radius 3 is 2.75 bits per heavy atom. The van der Waals surface area contributed by atoms with E-state index in [1.54, 1.807) is 0 Å². The number of ether oxygens (including phenoxy) is 1. The number of ketones is 1. The number of Topliss-reactive ketones (excluding diaryl/α,β-unsaturated/α-hetero) is 1. The van der Waals surface area contributed by atoms with Gasteiger partial charge in [0.1, 0.15) is 11.1 Å². The summed E-state index contributed by atoms with van der Waals surface area (Å²) in [6.45, 7) is 10.9. The molecule has 5 aliphatic rings. The van der Waals surface area contributed by atoms with Crippen molar-refractivity contribution in [3.63, 3.8) is 0 Å². The maximum absolute atomic E-state index is 13.8. The highest BCUT2D eigenvalue weighted by Gasteiger charge is 2.78. The average Bonchev–Trinajstić information content (AvgIpc) is 2.78. The van der Waals surface area contributed by atoms with Gasteiger partial charge in [0.05, 0.1) is 5.60 Å². The van der Waals surface area contributed by atoms with Gasteiger partial charge in [0.25, 0.3) is 0 Å². The van der Waals surface area contributed by atoms with Crippen LogP contribution >= 0.6 is 0 Å². The molecule has 2 saturated heterocycles. The molecule has 28 heavy (non-hydrogen) atoms. The fourth-order valence-electron chi connectivity index (χ4n) is 7.41. The molecule has 5 rings (SSSR count). The summed E-state index contributed by atoms with van der Waals surface area (Å²) in [6, 6.07) is 0. The summed E-state index contributed by atoms with van der Waals surface area (Å²) in [7, 11) is 0. The average molecular weight is 384 g/mol. The van der Waals surface area contributed by atoms with Crippen LogP contribution in [0.15, 0.2) is 22.8 Å². The quantitative estimate of drug-likeness (QED) is 0.723. The number of fused-ring (bicyclic) bond motifs is 3. The Bertz CT molecular complexity index is 839. The Morgan fingerprint density at radius 1 is 1.29 bits per heavy atom. The standard InChI is InChI=1S/C24H33NO3/c1-13(2)11-23-20-15(4)22(5,28-23)12-17-19-14(3)8-6-7-9-16(19)10-18(26)24(17,20)21(27)25-23/h12-13,15-16,20H,6-11H2,1-5H3,(H,25,27)/t15-,16+,20-,22-,23-,24-/m1/s1. The molecule has 0 aromatic rings. The van der Waals surface area contributed by atoms with Crippen LogP contribution in [0.5, 0.6) is 0 Å². The Hall–Kier alpha value is -1.42. The molecule has 4 heteroatoms. The van der Waals surface area contributed by atoms with Crippen LogP contribution in [-0.2, 0) is 14.3 Å². The summed E-state index contributed by atoms with van der Waals surface area (Å²) in [5.41, 5.74) is 1.52. The molecule has 3 aliphatic carbocycles. The minimum atomic E-state index is -1.04. The van der Waals surface area contributed by atoms with E-state index in [-0.39, 0.29) is 29.4 Å². The molecule has 152 valence electrons. The van der Waals surface area contributed by atoms with Crippen LogP contribution in [0.4, 0.5) is 0 Å². The van der Waals surface area contributed by atoms with Gasteiger partial charge in [-0.15, -0.1) is 0 Å². The van der Waals surface area contributed by atoms with E-state index in [1.165, 1.54) is 17.6 Å². The third kappa shape index (κ3) is 2.00. The molecule has 2 aliphatic heterocycles. The summed E-state index contributed by atoms with van der Waals surface area (Å²) in [5.74, 6) is 0.689. The molecule has 0 unspecified atom stereocenters. The zero-order chi connectivity index (χ0) is 20.1. The van der Waals surface area contributed by atoms with E-state index in [9.17, 15) is 9.59 Å². The monoisotopic (exact) mass is 383 g/mol. The van der Waals surface area contributed by atoms with Crippen LogP contribution in [0.3, 0.4) is 0 Å². The lowest BCUT2D eigenvalue weighted by Crippen LogP contribution is -2.55. The first-order valence-electron chi connectivity index (χ1n) is 11.1. The number of hydrogen-bond donors (Lipinski definition) is 1. The van der Waals surface area contributed by atoms with Crippen LogP contribution in [0.1, 0.15) is 73.1 Å². The van der Waals surface area contributed by atoms with Gasteiger partial charge in [-0.3, -0.25) is 9.59 Å². The molecule has 2 heterocycles. The van der Waals surface area contributed by atoms with Crippen LogP contribution in [0, 0.1) is 29.1 Å². The molecule has 6 atom stereocenters. The third-order valence-corrected chi connectivity index (χ3v) is 8.41. The SMILES string of the molecule is CC1=C2C3=C[C@@]4(C)O[C@@]5(CC(C)C)NC(=O)[C@]3(C(=O)C[C@@H]2CCCC1)[C@@H]5[C@H]4C. The number of carbonyl (C=O) groups is 2.